The largest absolute Gasteiger partial charge is 0.355 e. The molecule has 134 valence electrons. The number of thioether (sulfide) groups is 1. The number of nitrogens with zero attached hydrogens (tertiary/aromatic N) is 2. The maximum Gasteiger partial charge on any atom is 0.230 e. The molecule has 0 radical (unpaired) electrons. The maximum absolute atomic E-state index is 12.1. The Bertz CT molecular complexity index is 877. The Morgan fingerprint density at radius 3 is 2.73 bits per heavy atom. The third-order valence-corrected chi connectivity index (χ3v) is 5.18. The number of aryl methyl sites for hydroxylation is 1. The highest BCUT2D eigenvalue weighted by Gasteiger charge is 2.10. The zero-order valence-electron chi connectivity index (χ0n) is 14.5. The van der Waals surface area contributed by atoms with Crippen molar-refractivity contribution in [2.24, 2.45) is 0 Å². The van der Waals surface area contributed by atoms with Gasteiger partial charge in [0.1, 0.15) is 0 Å². The van der Waals surface area contributed by atoms with E-state index in [0.717, 1.165) is 27.9 Å². The van der Waals surface area contributed by atoms with Crippen molar-refractivity contribution >= 4 is 29.3 Å². The number of hydrogen-bond donors (Lipinski definition) is 1. The smallest absolute Gasteiger partial charge is 0.230 e. The Morgan fingerprint density at radius 1 is 1.19 bits per heavy atom. The molecule has 0 fully saturated rings. The Kier molecular flexibility index (Phi) is 6.36. The first-order chi connectivity index (χ1) is 12.6. The summed E-state index contributed by atoms with van der Waals surface area (Å²) < 4.78 is 2.01. The summed E-state index contributed by atoms with van der Waals surface area (Å²) >= 11 is 7.31. The number of amides is 1. The lowest BCUT2D eigenvalue weighted by atomic mass is 10.1. The number of para-hydroxylation sites is 1. The van der Waals surface area contributed by atoms with Gasteiger partial charge in [-0.15, -0.1) is 0 Å². The van der Waals surface area contributed by atoms with E-state index in [1.54, 1.807) is 6.20 Å². The highest BCUT2D eigenvalue weighted by atomic mass is 35.5. The van der Waals surface area contributed by atoms with Crippen LogP contribution in [0, 0.1) is 6.92 Å². The monoisotopic (exact) mass is 385 g/mol. The summed E-state index contributed by atoms with van der Waals surface area (Å²) in [6.45, 7) is 2.67. The molecule has 1 N–H and O–H groups in total. The van der Waals surface area contributed by atoms with Crippen molar-refractivity contribution in [3.05, 3.63) is 77.1 Å². The van der Waals surface area contributed by atoms with Crippen LogP contribution in [-0.4, -0.2) is 27.8 Å². The normalized spacial score (nSPS) is 10.7. The third-order valence-electron chi connectivity index (χ3n) is 3.96. The number of nitrogens with one attached hydrogen (secondary N) is 1. The highest BCUT2D eigenvalue weighted by molar-refractivity contribution is 7.99. The predicted octanol–water partition coefficient (Wildman–Crippen LogP) is 4.29. The van der Waals surface area contributed by atoms with Crippen LogP contribution in [-0.2, 0) is 11.2 Å². The summed E-state index contributed by atoms with van der Waals surface area (Å²) in [5.74, 6) is 0.340. The summed E-state index contributed by atoms with van der Waals surface area (Å²) in [5, 5.41) is 4.48. The summed E-state index contributed by atoms with van der Waals surface area (Å²) in [6, 6.07) is 15.8. The van der Waals surface area contributed by atoms with Crippen LogP contribution in [0.1, 0.15) is 11.1 Å². The van der Waals surface area contributed by atoms with Gasteiger partial charge < -0.3 is 5.32 Å². The van der Waals surface area contributed by atoms with Crippen molar-refractivity contribution in [2.75, 3.05) is 12.3 Å². The highest BCUT2D eigenvalue weighted by Crippen LogP contribution is 2.22. The molecule has 0 aliphatic rings. The van der Waals surface area contributed by atoms with E-state index >= 15 is 0 Å². The SMILES string of the molecule is Cc1ccccc1-n1ccnc1SCC(=O)NCCc1ccc(Cl)cc1. The fourth-order valence-corrected chi connectivity index (χ4v) is 3.51. The topological polar surface area (TPSA) is 46.9 Å². The molecular formula is C20H20ClN3OS. The van der Waals surface area contributed by atoms with Gasteiger partial charge in [-0.2, -0.15) is 0 Å². The van der Waals surface area contributed by atoms with Crippen LogP contribution in [0.25, 0.3) is 5.69 Å². The predicted molar refractivity (Wildman–Crippen MR) is 107 cm³/mol. The second kappa shape index (κ2) is 8.92. The maximum atomic E-state index is 12.1. The van der Waals surface area contributed by atoms with Crippen LogP contribution in [0.5, 0.6) is 0 Å². The van der Waals surface area contributed by atoms with Gasteiger partial charge in [0.15, 0.2) is 5.16 Å². The van der Waals surface area contributed by atoms with Gasteiger partial charge in [0.25, 0.3) is 0 Å². The molecule has 0 saturated heterocycles. The molecule has 0 bridgehead atoms. The lowest BCUT2D eigenvalue weighted by Gasteiger charge is -2.10. The second-order valence-corrected chi connectivity index (χ2v) is 7.26. The molecule has 3 aromatic rings. The van der Waals surface area contributed by atoms with E-state index in [9.17, 15) is 4.79 Å². The Morgan fingerprint density at radius 2 is 1.96 bits per heavy atom. The first-order valence-electron chi connectivity index (χ1n) is 8.37. The van der Waals surface area contributed by atoms with Gasteiger partial charge >= 0.3 is 0 Å². The van der Waals surface area contributed by atoms with Crippen molar-refractivity contribution < 1.29 is 4.79 Å². The number of carbonyl (C=O) groups excluding carboxylic acids is 1. The van der Waals surface area contributed by atoms with Gasteiger partial charge in [-0.1, -0.05) is 53.7 Å². The number of hydrogen-bond acceptors (Lipinski definition) is 3. The summed E-state index contributed by atoms with van der Waals surface area (Å²) in [4.78, 5) is 16.5. The number of rotatable bonds is 7. The molecule has 1 aromatic heterocycles. The molecule has 0 aliphatic carbocycles. The molecule has 0 atom stereocenters. The first-order valence-corrected chi connectivity index (χ1v) is 9.73. The molecule has 6 heteroatoms. The summed E-state index contributed by atoms with van der Waals surface area (Å²) in [7, 11) is 0. The standard InChI is InChI=1S/C20H20ClN3OS/c1-15-4-2-3-5-18(15)24-13-12-23-20(24)26-14-19(25)22-11-10-16-6-8-17(21)9-7-16/h2-9,12-13H,10-11,14H2,1H3,(H,22,25). The van der Waals surface area contributed by atoms with Crippen molar-refractivity contribution in [3.8, 4) is 5.69 Å². The zero-order valence-corrected chi connectivity index (χ0v) is 16.1. The van der Waals surface area contributed by atoms with E-state index in [1.807, 2.05) is 53.2 Å². The minimum atomic E-state index is 0.00305. The minimum absolute atomic E-state index is 0.00305. The van der Waals surface area contributed by atoms with Crippen LogP contribution in [0.2, 0.25) is 5.02 Å². The molecule has 1 heterocycles. The quantitative estimate of drug-likeness (QED) is 0.617. The fourth-order valence-electron chi connectivity index (χ4n) is 2.59. The molecule has 1 amide bonds. The Balaban J connectivity index is 1.50. The Labute approximate surface area is 162 Å². The van der Waals surface area contributed by atoms with E-state index in [2.05, 4.69) is 23.3 Å². The lowest BCUT2D eigenvalue weighted by Crippen LogP contribution is -2.27. The van der Waals surface area contributed by atoms with Crippen LogP contribution < -0.4 is 5.32 Å². The number of halogens is 1. The average Bonchev–Trinajstić information content (AvgIpc) is 3.10. The minimum Gasteiger partial charge on any atom is -0.355 e. The third kappa shape index (κ3) is 4.90. The molecular weight excluding hydrogens is 366 g/mol. The Hall–Kier alpha value is -2.24. The molecule has 2 aromatic carbocycles. The van der Waals surface area contributed by atoms with Crippen LogP contribution in [0.4, 0.5) is 0 Å². The summed E-state index contributed by atoms with van der Waals surface area (Å²) in [5.41, 5.74) is 3.40. The van der Waals surface area contributed by atoms with Crippen LogP contribution in [0.3, 0.4) is 0 Å². The molecule has 3 rings (SSSR count). The van der Waals surface area contributed by atoms with Gasteiger partial charge in [-0.25, -0.2) is 4.98 Å². The fraction of sp³-hybridized carbons (Fsp3) is 0.200. The lowest BCUT2D eigenvalue weighted by molar-refractivity contribution is -0.118. The van der Waals surface area contributed by atoms with Crippen LogP contribution in [0.15, 0.2) is 66.1 Å². The number of benzene rings is 2. The number of carbonyl (C=O) groups is 1. The van der Waals surface area contributed by atoms with Crippen molar-refractivity contribution in [1.29, 1.82) is 0 Å². The van der Waals surface area contributed by atoms with Crippen LogP contribution >= 0.6 is 23.4 Å². The van der Waals surface area contributed by atoms with Gasteiger partial charge in [0.05, 0.1) is 11.4 Å². The van der Waals surface area contributed by atoms with Gasteiger partial charge in [-0.3, -0.25) is 9.36 Å². The van der Waals surface area contributed by atoms with Gasteiger partial charge in [0, 0.05) is 24.0 Å². The zero-order chi connectivity index (χ0) is 18.4. The number of aromatic nitrogens is 2. The molecule has 0 unspecified atom stereocenters. The summed E-state index contributed by atoms with van der Waals surface area (Å²) in [6.07, 6.45) is 4.46. The first kappa shape index (κ1) is 18.5. The molecule has 4 nitrogen and oxygen atoms in total. The van der Waals surface area contributed by atoms with Gasteiger partial charge in [0.2, 0.25) is 5.91 Å². The van der Waals surface area contributed by atoms with E-state index in [0.29, 0.717) is 12.3 Å². The van der Waals surface area contributed by atoms with E-state index < -0.39 is 0 Å². The number of imidazole rings is 1. The second-order valence-electron chi connectivity index (χ2n) is 5.88. The van der Waals surface area contributed by atoms with E-state index in [-0.39, 0.29) is 5.91 Å². The van der Waals surface area contributed by atoms with Crippen molar-refractivity contribution in [1.82, 2.24) is 14.9 Å². The molecule has 0 spiro atoms. The van der Waals surface area contributed by atoms with Crippen molar-refractivity contribution in [3.63, 3.8) is 0 Å². The van der Waals surface area contributed by atoms with E-state index in [4.69, 9.17) is 11.6 Å². The van der Waals surface area contributed by atoms with Crippen molar-refractivity contribution in [2.45, 2.75) is 18.5 Å². The molecule has 0 saturated carbocycles. The average molecular weight is 386 g/mol. The van der Waals surface area contributed by atoms with E-state index in [1.165, 1.54) is 17.3 Å². The molecule has 0 aliphatic heterocycles. The van der Waals surface area contributed by atoms with Gasteiger partial charge in [-0.05, 0) is 42.7 Å². The molecule has 26 heavy (non-hydrogen) atoms.